The zero-order valence-corrected chi connectivity index (χ0v) is 8.10. The SMILES string of the molecule is OBC1CCCCCCCCC1. The van der Waals surface area contributed by atoms with Crippen molar-refractivity contribution in [2.75, 3.05) is 0 Å². The number of hydrogen-bond donors (Lipinski definition) is 1. The topological polar surface area (TPSA) is 20.2 Å². The Labute approximate surface area is 76.8 Å². The molecule has 1 N–H and O–H groups in total. The van der Waals surface area contributed by atoms with Gasteiger partial charge in [-0.15, -0.1) is 0 Å². The van der Waals surface area contributed by atoms with Crippen molar-refractivity contribution in [2.45, 2.75) is 63.6 Å². The van der Waals surface area contributed by atoms with E-state index in [1.807, 2.05) is 0 Å². The van der Waals surface area contributed by atoms with Gasteiger partial charge in [-0.25, -0.2) is 0 Å². The highest BCUT2D eigenvalue weighted by Crippen LogP contribution is 2.24. The molecule has 1 saturated carbocycles. The summed E-state index contributed by atoms with van der Waals surface area (Å²) in [5.74, 6) is 0.614. The van der Waals surface area contributed by atoms with Crippen LogP contribution in [-0.4, -0.2) is 12.5 Å². The molecule has 1 nitrogen and oxygen atoms in total. The molecule has 0 heterocycles. The Morgan fingerprint density at radius 2 is 1.17 bits per heavy atom. The lowest BCUT2D eigenvalue weighted by Crippen LogP contribution is -2.04. The highest BCUT2D eigenvalue weighted by Gasteiger charge is 2.09. The molecule has 0 amide bonds. The first-order chi connectivity index (χ1) is 5.93. The minimum Gasteiger partial charge on any atom is -0.454 e. The summed E-state index contributed by atoms with van der Waals surface area (Å²) in [6, 6.07) is 0. The lowest BCUT2D eigenvalue weighted by Gasteiger charge is -2.14. The van der Waals surface area contributed by atoms with Gasteiger partial charge in [0.15, 0.2) is 0 Å². The van der Waals surface area contributed by atoms with E-state index in [0.29, 0.717) is 13.3 Å². The molecular formula is C10H21BO. The second-order valence-corrected chi connectivity index (χ2v) is 4.10. The van der Waals surface area contributed by atoms with Gasteiger partial charge in [0, 0.05) is 0 Å². The lowest BCUT2D eigenvalue weighted by atomic mass is 9.73. The van der Waals surface area contributed by atoms with E-state index in [4.69, 9.17) is 5.02 Å². The minimum atomic E-state index is 0.417. The third kappa shape index (κ3) is 4.15. The van der Waals surface area contributed by atoms with Crippen molar-refractivity contribution in [2.24, 2.45) is 0 Å². The fraction of sp³-hybridized carbons (Fsp3) is 1.00. The summed E-state index contributed by atoms with van der Waals surface area (Å²) in [6.07, 6.45) is 12.2. The zero-order chi connectivity index (χ0) is 8.65. The third-order valence-electron chi connectivity index (χ3n) is 2.98. The Bertz CT molecular complexity index is 96.0. The van der Waals surface area contributed by atoms with Crippen molar-refractivity contribution < 1.29 is 5.02 Å². The van der Waals surface area contributed by atoms with E-state index in [-0.39, 0.29) is 0 Å². The molecule has 0 spiro atoms. The van der Waals surface area contributed by atoms with E-state index in [1.54, 1.807) is 0 Å². The first kappa shape index (κ1) is 10.1. The summed E-state index contributed by atoms with van der Waals surface area (Å²) < 4.78 is 0. The Morgan fingerprint density at radius 1 is 0.750 bits per heavy atom. The van der Waals surface area contributed by atoms with E-state index in [0.717, 1.165) is 0 Å². The fourth-order valence-electron chi connectivity index (χ4n) is 2.08. The summed E-state index contributed by atoms with van der Waals surface area (Å²) in [5, 5.41) is 9.07. The molecule has 0 atom stereocenters. The maximum atomic E-state index is 9.07. The van der Waals surface area contributed by atoms with Gasteiger partial charge >= 0.3 is 0 Å². The predicted octanol–water partition coefficient (Wildman–Crippen LogP) is 2.64. The molecule has 0 aromatic carbocycles. The maximum absolute atomic E-state index is 9.07. The average molecular weight is 168 g/mol. The molecule has 0 aromatic rings. The lowest BCUT2D eigenvalue weighted by molar-refractivity contribution is 0.477. The monoisotopic (exact) mass is 168 g/mol. The summed E-state index contributed by atoms with van der Waals surface area (Å²) in [7, 11) is 0.417. The summed E-state index contributed by atoms with van der Waals surface area (Å²) >= 11 is 0. The van der Waals surface area contributed by atoms with Crippen LogP contribution in [0.25, 0.3) is 0 Å². The van der Waals surface area contributed by atoms with Crippen molar-refractivity contribution in [3.05, 3.63) is 0 Å². The minimum absolute atomic E-state index is 0.417. The Hall–Kier alpha value is 0.0249. The van der Waals surface area contributed by atoms with Crippen LogP contribution in [0.4, 0.5) is 0 Å². The largest absolute Gasteiger partial charge is 0.454 e. The Morgan fingerprint density at radius 3 is 1.58 bits per heavy atom. The number of hydrogen-bond acceptors (Lipinski definition) is 1. The van der Waals surface area contributed by atoms with Crippen molar-refractivity contribution >= 4 is 7.48 Å². The van der Waals surface area contributed by atoms with Crippen LogP contribution in [0, 0.1) is 0 Å². The molecule has 0 unspecified atom stereocenters. The quantitative estimate of drug-likeness (QED) is 0.596. The van der Waals surface area contributed by atoms with Crippen LogP contribution in [0.5, 0.6) is 0 Å². The number of rotatable bonds is 1. The van der Waals surface area contributed by atoms with E-state index >= 15 is 0 Å². The van der Waals surface area contributed by atoms with Crippen LogP contribution in [0.2, 0.25) is 5.82 Å². The smallest absolute Gasteiger partial charge is 0.273 e. The predicted molar refractivity (Wildman–Crippen MR) is 54.7 cm³/mol. The summed E-state index contributed by atoms with van der Waals surface area (Å²) in [4.78, 5) is 0. The molecule has 0 bridgehead atoms. The van der Waals surface area contributed by atoms with Crippen molar-refractivity contribution in [3.63, 3.8) is 0 Å². The van der Waals surface area contributed by atoms with Gasteiger partial charge in [-0.2, -0.15) is 0 Å². The highest BCUT2D eigenvalue weighted by molar-refractivity contribution is 6.27. The highest BCUT2D eigenvalue weighted by atomic mass is 16.2. The van der Waals surface area contributed by atoms with Gasteiger partial charge in [-0.1, -0.05) is 57.8 Å². The van der Waals surface area contributed by atoms with Crippen molar-refractivity contribution in [1.29, 1.82) is 0 Å². The van der Waals surface area contributed by atoms with Gasteiger partial charge in [-0.3, -0.25) is 0 Å². The molecule has 0 aliphatic heterocycles. The van der Waals surface area contributed by atoms with E-state index < -0.39 is 0 Å². The standard InChI is InChI=1S/C10H21BO/c12-11-10-8-6-4-2-1-3-5-7-9-10/h10-12H,1-9H2. The van der Waals surface area contributed by atoms with Crippen LogP contribution < -0.4 is 0 Å². The van der Waals surface area contributed by atoms with Crippen molar-refractivity contribution in [1.82, 2.24) is 0 Å². The fourth-order valence-corrected chi connectivity index (χ4v) is 2.08. The molecular weight excluding hydrogens is 147 g/mol. The van der Waals surface area contributed by atoms with Gasteiger partial charge in [0.05, 0.1) is 0 Å². The first-order valence-corrected chi connectivity index (χ1v) is 5.54. The molecule has 1 aliphatic rings. The van der Waals surface area contributed by atoms with Crippen molar-refractivity contribution in [3.8, 4) is 0 Å². The van der Waals surface area contributed by atoms with Crippen LogP contribution in [0.15, 0.2) is 0 Å². The average Bonchev–Trinajstić information content (AvgIpc) is 2.14. The Balaban J connectivity index is 2.17. The second kappa shape index (κ2) is 6.53. The van der Waals surface area contributed by atoms with E-state index in [2.05, 4.69) is 0 Å². The molecule has 0 saturated heterocycles. The normalized spacial score (nSPS) is 23.4. The third-order valence-corrected chi connectivity index (χ3v) is 2.98. The Kier molecular flexibility index (Phi) is 5.50. The molecule has 12 heavy (non-hydrogen) atoms. The molecule has 70 valence electrons. The van der Waals surface area contributed by atoms with Crippen LogP contribution >= 0.6 is 0 Å². The summed E-state index contributed by atoms with van der Waals surface area (Å²) in [6.45, 7) is 0. The van der Waals surface area contributed by atoms with Crippen LogP contribution in [-0.2, 0) is 0 Å². The summed E-state index contributed by atoms with van der Waals surface area (Å²) in [5.41, 5.74) is 0. The first-order valence-electron chi connectivity index (χ1n) is 5.54. The second-order valence-electron chi connectivity index (χ2n) is 4.10. The van der Waals surface area contributed by atoms with Crippen LogP contribution in [0.3, 0.4) is 0 Å². The molecule has 1 rings (SSSR count). The molecule has 0 aromatic heterocycles. The molecule has 0 radical (unpaired) electrons. The molecule has 1 aliphatic carbocycles. The van der Waals surface area contributed by atoms with Gasteiger partial charge in [0.1, 0.15) is 0 Å². The zero-order valence-electron chi connectivity index (χ0n) is 8.10. The molecule has 2 heteroatoms. The van der Waals surface area contributed by atoms with Gasteiger partial charge in [-0.05, 0) is 5.82 Å². The molecule has 1 fully saturated rings. The van der Waals surface area contributed by atoms with Gasteiger partial charge in [0.2, 0.25) is 0 Å². The maximum Gasteiger partial charge on any atom is 0.273 e. The van der Waals surface area contributed by atoms with E-state index in [1.165, 1.54) is 57.8 Å². The van der Waals surface area contributed by atoms with Gasteiger partial charge in [0.25, 0.3) is 7.48 Å². The van der Waals surface area contributed by atoms with Gasteiger partial charge < -0.3 is 5.02 Å². The van der Waals surface area contributed by atoms with Crippen LogP contribution in [0.1, 0.15) is 57.8 Å². The van der Waals surface area contributed by atoms with E-state index in [9.17, 15) is 0 Å².